The van der Waals surface area contributed by atoms with Gasteiger partial charge < -0.3 is 18.9 Å². The molecule has 14 nitrogen and oxygen atoms in total. The predicted octanol–water partition coefficient (Wildman–Crippen LogP) is 10.1. The van der Waals surface area contributed by atoms with Gasteiger partial charge >= 0.3 is 42.9 Å². The van der Waals surface area contributed by atoms with Gasteiger partial charge in [0.25, 0.3) is 6.43 Å². The van der Waals surface area contributed by atoms with Crippen LogP contribution in [-0.2, 0) is 6.18 Å². The molecule has 0 saturated carbocycles. The third-order valence-corrected chi connectivity index (χ3v) is 8.68. The summed E-state index contributed by atoms with van der Waals surface area (Å²) in [5.41, 5.74) is 0. The molecule has 0 radical (unpaired) electrons. The van der Waals surface area contributed by atoms with Gasteiger partial charge in [0.05, 0.1) is 27.0 Å². The summed E-state index contributed by atoms with van der Waals surface area (Å²) in [5, 5.41) is 3.85. The quantitative estimate of drug-likeness (QED) is 0.124. The van der Waals surface area contributed by atoms with Gasteiger partial charge in [0.15, 0.2) is 26.4 Å². The zero-order valence-electron chi connectivity index (χ0n) is 30.7. The van der Waals surface area contributed by atoms with Crippen molar-refractivity contribution in [3.63, 3.8) is 0 Å². The molecule has 0 fully saturated rings. The molecule has 4 amide bonds. The van der Waals surface area contributed by atoms with Crippen molar-refractivity contribution in [3.05, 3.63) is 46.2 Å². The summed E-state index contributed by atoms with van der Waals surface area (Å²) in [4.78, 5) is 38.5. The van der Waals surface area contributed by atoms with Gasteiger partial charge in [-0.1, -0.05) is 0 Å². The van der Waals surface area contributed by atoms with Crippen molar-refractivity contribution in [2.24, 2.45) is 0 Å². The second-order valence-electron chi connectivity index (χ2n) is 11.4. The Bertz CT molecular complexity index is 2070. The van der Waals surface area contributed by atoms with Crippen molar-refractivity contribution >= 4 is 56.6 Å². The Kier molecular flexibility index (Phi) is 16.8. The largest absolute Gasteiger partial charge is 0.468 e. The van der Waals surface area contributed by atoms with E-state index in [0.717, 1.165) is 30.1 Å². The van der Waals surface area contributed by atoms with Gasteiger partial charge in [-0.05, 0) is 24.3 Å². The Morgan fingerprint density at radius 1 is 0.556 bits per heavy atom. The lowest BCUT2D eigenvalue weighted by atomic mass is 10.4. The molecule has 350 valence electrons. The Hall–Kier alpha value is -5.89. The Morgan fingerprint density at radius 2 is 0.873 bits per heavy atom. The summed E-state index contributed by atoms with van der Waals surface area (Å²) in [6.45, 7) is -7.35. The highest BCUT2D eigenvalue weighted by Gasteiger charge is 2.35. The summed E-state index contributed by atoms with van der Waals surface area (Å²) < 4.78 is 229. The van der Waals surface area contributed by atoms with Crippen molar-refractivity contribution in [1.82, 2.24) is 19.9 Å². The molecule has 33 heteroatoms. The molecule has 2 N–H and O–H groups in total. The summed E-state index contributed by atoms with van der Waals surface area (Å²) >= 11 is 0.806. The van der Waals surface area contributed by atoms with Crippen LogP contribution in [0.15, 0.2) is 36.4 Å². The van der Waals surface area contributed by atoms with Crippen molar-refractivity contribution in [3.8, 4) is 23.5 Å². The molecular formula is C30H23F17N8O6S2. The maximum atomic E-state index is 12.7. The zero-order valence-corrected chi connectivity index (χ0v) is 32.4. The molecule has 4 aromatic heterocycles. The average molecular weight is 979 g/mol. The van der Waals surface area contributed by atoms with Crippen LogP contribution in [-0.4, -0.2) is 97.2 Å². The minimum absolute atomic E-state index is 0.0748. The van der Waals surface area contributed by atoms with Gasteiger partial charge in [-0.2, -0.15) is 85.8 Å². The molecular weight excluding hydrogens is 955 g/mol. The van der Waals surface area contributed by atoms with E-state index in [-0.39, 0.29) is 26.2 Å². The first kappa shape index (κ1) is 51.5. The molecule has 0 aliphatic carbocycles. The van der Waals surface area contributed by atoms with E-state index in [9.17, 15) is 84.2 Å². The number of thiophene rings is 2. The first-order chi connectivity index (χ1) is 28.8. The molecule has 4 aromatic rings. The number of ether oxygens (including phenoxy) is 4. The zero-order chi connectivity index (χ0) is 47.7. The average Bonchev–Trinajstić information content (AvgIpc) is 3.85. The molecule has 0 saturated heterocycles. The van der Waals surface area contributed by atoms with Crippen molar-refractivity contribution < 1.29 is 103 Å². The van der Waals surface area contributed by atoms with Crippen LogP contribution in [0.1, 0.15) is 16.2 Å². The normalized spacial score (nSPS) is 12.3. The lowest BCUT2D eigenvalue weighted by Crippen LogP contribution is -2.31. The second-order valence-corrected chi connectivity index (χ2v) is 13.6. The van der Waals surface area contributed by atoms with Gasteiger partial charge in [0.1, 0.15) is 4.88 Å². The van der Waals surface area contributed by atoms with Crippen LogP contribution < -0.4 is 39.4 Å². The topological polar surface area (TPSA) is 153 Å². The number of hydrogen-bond donors (Lipinski definition) is 2. The Morgan fingerprint density at radius 3 is 1.14 bits per heavy atom. The van der Waals surface area contributed by atoms with Crippen LogP contribution in [0.4, 0.5) is 106 Å². The van der Waals surface area contributed by atoms with Crippen molar-refractivity contribution in [2.75, 3.05) is 61.0 Å². The molecule has 0 spiro atoms. The van der Waals surface area contributed by atoms with Crippen LogP contribution in [0.3, 0.4) is 0 Å². The number of hydrogen-bond acceptors (Lipinski definition) is 12. The van der Waals surface area contributed by atoms with Crippen molar-refractivity contribution in [2.45, 2.75) is 37.3 Å². The number of amides is 4. The van der Waals surface area contributed by atoms with Crippen LogP contribution >= 0.6 is 22.7 Å². The van der Waals surface area contributed by atoms with E-state index in [1.165, 1.54) is 13.1 Å². The third kappa shape index (κ3) is 18.5. The molecule has 0 aliphatic rings. The maximum Gasteiger partial charge on any atom is 0.425 e. The Balaban J connectivity index is 0.000000335. The number of carbonyl (C=O) groups is 2. The number of alkyl halides is 17. The SMILES string of the molecule is CN(C(=O)Nc1nc(OCC(F)(F)F)cc(OCC(F)(F)F)n1)c1ccc(C(F)(F)F)s1.CN(C(=O)Nc1nc(OCC(F)(F)F)cc(OCC(F)(F)F)n1)c1ccc(C(F)F)s1. The molecule has 0 aliphatic heterocycles. The number of rotatable bonds is 13. The number of aromatic nitrogens is 4. The molecule has 0 bridgehead atoms. The van der Waals surface area contributed by atoms with Crippen LogP contribution in [0, 0.1) is 0 Å². The minimum Gasteiger partial charge on any atom is -0.468 e. The Labute approximate surface area is 347 Å². The fourth-order valence-electron chi connectivity index (χ4n) is 3.70. The molecule has 0 unspecified atom stereocenters. The molecule has 63 heavy (non-hydrogen) atoms. The van der Waals surface area contributed by atoms with E-state index in [0.29, 0.717) is 28.4 Å². The van der Waals surface area contributed by atoms with E-state index in [1.807, 2.05) is 10.6 Å². The highest BCUT2D eigenvalue weighted by atomic mass is 32.1. The monoisotopic (exact) mass is 978 g/mol. The van der Waals surface area contributed by atoms with E-state index >= 15 is 0 Å². The number of nitrogens with zero attached hydrogens (tertiary/aromatic N) is 6. The van der Waals surface area contributed by atoms with Crippen LogP contribution in [0.5, 0.6) is 23.5 Å². The number of carbonyl (C=O) groups excluding carboxylic acids is 2. The smallest absolute Gasteiger partial charge is 0.425 e. The van der Waals surface area contributed by atoms with Crippen LogP contribution in [0.2, 0.25) is 0 Å². The fourth-order valence-corrected chi connectivity index (χ4v) is 5.35. The van der Waals surface area contributed by atoms with E-state index < -0.39 is 116 Å². The van der Waals surface area contributed by atoms with E-state index in [4.69, 9.17) is 0 Å². The number of halogens is 17. The number of urea groups is 2. The number of anilines is 4. The predicted molar refractivity (Wildman–Crippen MR) is 184 cm³/mol. The number of nitrogens with one attached hydrogen (secondary N) is 2. The van der Waals surface area contributed by atoms with Gasteiger partial charge in [-0.15, -0.1) is 22.7 Å². The molecule has 0 atom stereocenters. The highest BCUT2D eigenvalue weighted by molar-refractivity contribution is 7.16. The highest BCUT2D eigenvalue weighted by Crippen LogP contribution is 2.38. The fraction of sp³-hybridized carbons (Fsp3) is 0.400. The summed E-state index contributed by atoms with van der Waals surface area (Å²) in [5.74, 6) is -4.94. The molecule has 4 rings (SSSR count). The maximum absolute atomic E-state index is 12.7. The van der Waals surface area contributed by atoms with E-state index in [1.54, 1.807) is 0 Å². The van der Waals surface area contributed by atoms with Gasteiger partial charge in [-0.25, -0.2) is 18.4 Å². The standard InChI is InChI=1S/C15H11F9N4O3S.C15H12F8N4O3S/c1-28(10-3-2-7(32-10)15(22,23)24)12(29)27-11-25-8(30-5-13(16,17)18)4-9(26-11)31-6-14(19,20)21;1-27(10-3-2-7(31-10)11(16)17)13(28)26-12-24-8(29-5-14(18,19)20)4-9(25-12)30-6-15(21,22)23/h2-4H,5-6H2,1H3,(H,25,26,27,29);2-4,11H,5-6H2,1H3,(H,24,25,26,28). The molecule has 4 heterocycles. The first-order valence-electron chi connectivity index (χ1n) is 16.0. The minimum atomic E-state index is -4.81. The summed E-state index contributed by atoms with van der Waals surface area (Å²) in [6.07, 6.45) is -26.6. The molecule has 0 aromatic carbocycles. The van der Waals surface area contributed by atoms with Gasteiger partial charge in [-0.3, -0.25) is 20.4 Å². The second kappa shape index (κ2) is 20.5. The first-order valence-corrected chi connectivity index (χ1v) is 17.6. The van der Waals surface area contributed by atoms with Gasteiger partial charge in [0.2, 0.25) is 35.4 Å². The summed E-state index contributed by atoms with van der Waals surface area (Å²) in [6, 6.07) is 2.95. The van der Waals surface area contributed by atoms with E-state index in [2.05, 4.69) is 38.9 Å². The van der Waals surface area contributed by atoms with Gasteiger partial charge in [0, 0.05) is 14.1 Å². The van der Waals surface area contributed by atoms with Crippen LogP contribution in [0.25, 0.3) is 0 Å². The third-order valence-electron chi connectivity index (χ3n) is 6.30. The van der Waals surface area contributed by atoms with Crippen molar-refractivity contribution in [1.29, 1.82) is 0 Å². The summed E-state index contributed by atoms with van der Waals surface area (Å²) in [7, 11) is 2.24. The lowest BCUT2D eigenvalue weighted by molar-refractivity contribution is -0.155. The lowest BCUT2D eigenvalue weighted by Gasteiger charge is -2.16.